The molecule has 0 unspecified atom stereocenters. The molecular weight excluding hydrogens is 311 g/mol. The van der Waals surface area contributed by atoms with Gasteiger partial charge < -0.3 is 13.9 Å². The van der Waals surface area contributed by atoms with E-state index in [9.17, 15) is 13.2 Å². The monoisotopic (exact) mass is 327 g/mol. The van der Waals surface area contributed by atoms with Crippen LogP contribution in [0, 0.1) is 12.8 Å². The molecule has 1 saturated carbocycles. The third-order valence-corrected chi connectivity index (χ3v) is 3.37. The van der Waals surface area contributed by atoms with E-state index in [1.165, 1.54) is 12.3 Å². The van der Waals surface area contributed by atoms with Gasteiger partial charge in [0.15, 0.2) is 18.1 Å². The summed E-state index contributed by atoms with van der Waals surface area (Å²) in [4.78, 5) is 4.20. The number of oxazole rings is 1. The topological polar surface area (TPSA) is 44.5 Å². The maximum Gasteiger partial charge on any atom is 0.422 e. The third kappa shape index (κ3) is 4.40. The molecule has 124 valence electrons. The van der Waals surface area contributed by atoms with Crippen LogP contribution in [0.1, 0.15) is 18.5 Å². The van der Waals surface area contributed by atoms with E-state index >= 15 is 0 Å². The highest BCUT2D eigenvalue weighted by Gasteiger charge is 2.29. The number of nitrogens with zero attached hydrogens (tertiary/aromatic N) is 1. The molecule has 1 heterocycles. The molecule has 0 atom stereocenters. The Morgan fingerprint density at radius 1 is 1.22 bits per heavy atom. The van der Waals surface area contributed by atoms with Crippen LogP contribution in [0.2, 0.25) is 0 Å². The van der Waals surface area contributed by atoms with E-state index in [1.807, 2.05) is 0 Å². The van der Waals surface area contributed by atoms with Gasteiger partial charge in [-0.2, -0.15) is 13.2 Å². The van der Waals surface area contributed by atoms with Crippen LogP contribution in [0.4, 0.5) is 13.2 Å². The number of rotatable bonds is 6. The summed E-state index contributed by atoms with van der Waals surface area (Å²) in [5, 5.41) is 0. The summed E-state index contributed by atoms with van der Waals surface area (Å²) in [6.07, 6.45) is -0.727. The molecule has 3 rings (SSSR count). The fourth-order valence-corrected chi connectivity index (χ4v) is 2.01. The first-order chi connectivity index (χ1) is 10.9. The zero-order chi connectivity index (χ0) is 16.4. The van der Waals surface area contributed by atoms with Crippen LogP contribution in [0.5, 0.6) is 11.5 Å². The molecular formula is C16H16F3NO3. The van der Waals surface area contributed by atoms with Crippen molar-refractivity contribution in [3.8, 4) is 23.0 Å². The lowest BCUT2D eigenvalue weighted by atomic mass is 10.2. The Hall–Kier alpha value is -2.18. The van der Waals surface area contributed by atoms with Gasteiger partial charge in [-0.05, 0) is 43.9 Å². The van der Waals surface area contributed by atoms with Crippen molar-refractivity contribution in [1.29, 1.82) is 0 Å². The van der Waals surface area contributed by atoms with Crippen LogP contribution >= 0.6 is 0 Å². The number of ether oxygens (including phenoxy) is 2. The maximum atomic E-state index is 12.4. The number of hydrogen-bond donors (Lipinski definition) is 0. The van der Waals surface area contributed by atoms with Gasteiger partial charge in [-0.15, -0.1) is 0 Å². The highest BCUT2D eigenvalue weighted by molar-refractivity contribution is 5.60. The van der Waals surface area contributed by atoms with Crippen LogP contribution in [0.25, 0.3) is 11.5 Å². The van der Waals surface area contributed by atoms with Crippen molar-refractivity contribution in [2.45, 2.75) is 25.9 Å². The molecule has 0 bridgehead atoms. The van der Waals surface area contributed by atoms with Crippen molar-refractivity contribution in [3.63, 3.8) is 0 Å². The molecule has 1 fully saturated rings. The zero-order valence-electron chi connectivity index (χ0n) is 12.5. The zero-order valence-corrected chi connectivity index (χ0v) is 12.5. The second-order valence-electron chi connectivity index (χ2n) is 5.61. The van der Waals surface area contributed by atoms with Gasteiger partial charge in [-0.3, -0.25) is 0 Å². The Kier molecular flexibility index (Phi) is 4.19. The van der Waals surface area contributed by atoms with Gasteiger partial charge in [0.25, 0.3) is 0 Å². The third-order valence-electron chi connectivity index (χ3n) is 3.37. The Bertz CT molecular complexity index is 677. The lowest BCUT2D eigenvalue weighted by Crippen LogP contribution is -2.19. The van der Waals surface area contributed by atoms with E-state index in [4.69, 9.17) is 13.9 Å². The van der Waals surface area contributed by atoms with Gasteiger partial charge in [0.2, 0.25) is 5.89 Å². The average molecular weight is 327 g/mol. The van der Waals surface area contributed by atoms with E-state index in [0.29, 0.717) is 24.0 Å². The molecule has 0 amide bonds. The van der Waals surface area contributed by atoms with Gasteiger partial charge in [0.05, 0.1) is 12.3 Å². The SMILES string of the molecule is Cc1coc(-c2ccc(OCC(F)(F)F)c(OCC3CC3)c2)n1. The van der Waals surface area contributed by atoms with Crippen LogP contribution in [-0.4, -0.2) is 24.4 Å². The molecule has 0 aliphatic heterocycles. The average Bonchev–Trinajstić information content (AvgIpc) is 3.22. The first-order valence-corrected chi connectivity index (χ1v) is 7.29. The molecule has 1 aromatic carbocycles. The number of halogens is 3. The van der Waals surface area contributed by atoms with Crippen LogP contribution in [0.15, 0.2) is 28.9 Å². The van der Waals surface area contributed by atoms with E-state index < -0.39 is 12.8 Å². The normalized spacial score (nSPS) is 14.8. The predicted molar refractivity (Wildman–Crippen MR) is 76.4 cm³/mol. The van der Waals surface area contributed by atoms with Crippen LogP contribution in [0.3, 0.4) is 0 Å². The minimum Gasteiger partial charge on any atom is -0.489 e. The maximum absolute atomic E-state index is 12.4. The lowest BCUT2D eigenvalue weighted by molar-refractivity contribution is -0.153. The fraction of sp³-hybridized carbons (Fsp3) is 0.438. The summed E-state index contributed by atoms with van der Waals surface area (Å²) in [5.74, 6) is 1.20. The number of hydrogen-bond acceptors (Lipinski definition) is 4. The molecule has 0 spiro atoms. The van der Waals surface area contributed by atoms with Crippen molar-refractivity contribution < 1.29 is 27.1 Å². The summed E-state index contributed by atoms with van der Waals surface area (Å²) in [5.41, 5.74) is 1.35. The summed E-state index contributed by atoms with van der Waals surface area (Å²) in [6, 6.07) is 4.64. The molecule has 4 nitrogen and oxygen atoms in total. The summed E-state index contributed by atoms with van der Waals surface area (Å²) in [6.45, 7) is 0.902. The van der Waals surface area contributed by atoms with Crippen molar-refractivity contribution in [2.75, 3.05) is 13.2 Å². The van der Waals surface area contributed by atoms with Crippen LogP contribution in [-0.2, 0) is 0 Å². The first-order valence-electron chi connectivity index (χ1n) is 7.29. The largest absolute Gasteiger partial charge is 0.489 e. The number of benzene rings is 1. The van der Waals surface area contributed by atoms with Crippen molar-refractivity contribution >= 4 is 0 Å². The van der Waals surface area contributed by atoms with E-state index in [2.05, 4.69) is 4.98 Å². The first kappa shape index (κ1) is 15.7. The van der Waals surface area contributed by atoms with E-state index in [-0.39, 0.29) is 11.5 Å². The van der Waals surface area contributed by atoms with E-state index in [1.54, 1.807) is 19.1 Å². The van der Waals surface area contributed by atoms with Crippen molar-refractivity contribution in [2.24, 2.45) is 5.92 Å². The van der Waals surface area contributed by atoms with Gasteiger partial charge in [-0.25, -0.2) is 4.98 Å². The number of aromatic nitrogens is 1. The van der Waals surface area contributed by atoms with Gasteiger partial charge in [0, 0.05) is 5.56 Å². The molecule has 1 aromatic heterocycles. The highest BCUT2D eigenvalue weighted by atomic mass is 19.4. The van der Waals surface area contributed by atoms with Gasteiger partial charge >= 0.3 is 6.18 Å². The van der Waals surface area contributed by atoms with Crippen molar-refractivity contribution in [3.05, 3.63) is 30.2 Å². The Morgan fingerprint density at radius 2 is 2.00 bits per heavy atom. The molecule has 1 aliphatic carbocycles. The van der Waals surface area contributed by atoms with Gasteiger partial charge in [0.1, 0.15) is 6.26 Å². The summed E-state index contributed by atoms with van der Waals surface area (Å²) < 4.78 is 52.9. The smallest absolute Gasteiger partial charge is 0.422 e. The molecule has 0 N–H and O–H groups in total. The fourth-order valence-electron chi connectivity index (χ4n) is 2.01. The molecule has 0 saturated heterocycles. The minimum absolute atomic E-state index is 0.0648. The second-order valence-corrected chi connectivity index (χ2v) is 5.61. The van der Waals surface area contributed by atoms with Crippen LogP contribution < -0.4 is 9.47 Å². The molecule has 7 heteroatoms. The second kappa shape index (κ2) is 6.14. The Labute approximate surface area is 131 Å². The quantitative estimate of drug-likeness (QED) is 0.790. The summed E-state index contributed by atoms with van der Waals surface area (Å²) in [7, 11) is 0. The molecule has 1 aliphatic rings. The van der Waals surface area contributed by atoms with E-state index in [0.717, 1.165) is 18.5 Å². The molecule has 0 radical (unpaired) electrons. The molecule has 2 aromatic rings. The summed E-state index contributed by atoms with van der Waals surface area (Å²) >= 11 is 0. The highest BCUT2D eigenvalue weighted by Crippen LogP contribution is 2.36. The minimum atomic E-state index is -4.40. The lowest BCUT2D eigenvalue weighted by Gasteiger charge is -2.14. The Morgan fingerprint density at radius 3 is 2.61 bits per heavy atom. The standard InChI is InChI=1S/C16H16F3NO3/c1-10-7-22-15(20-10)12-4-5-13(23-9-16(17,18)19)14(6-12)21-8-11-2-3-11/h4-7,11H,2-3,8-9H2,1H3. The van der Waals surface area contributed by atoms with Gasteiger partial charge in [-0.1, -0.05) is 0 Å². The predicted octanol–water partition coefficient (Wildman–Crippen LogP) is 4.38. The number of alkyl halides is 3. The van der Waals surface area contributed by atoms with Crippen molar-refractivity contribution in [1.82, 2.24) is 4.98 Å². The Balaban J connectivity index is 1.81. The molecule has 23 heavy (non-hydrogen) atoms. The number of aryl methyl sites for hydroxylation is 1.